The van der Waals surface area contributed by atoms with Gasteiger partial charge in [-0.1, -0.05) is 24.3 Å². The second kappa shape index (κ2) is 6.08. The van der Waals surface area contributed by atoms with E-state index in [1.165, 1.54) is 6.07 Å². The molecule has 1 fully saturated rings. The Kier molecular flexibility index (Phi) is 3.88. The van der Waals surface area contributed by atoms with Gasteiger partial charge in [0.05, 0.1) is 17.7 Å². The molecule has 2 heterocycles. The molecule has 4 rings (SSSR count). The molecule has 0 N–H and O–H groups in total. The average Bonchev–Trinajstić information content (AvgIpc) is 2.80. The van der Waals surface area contributed by atoms with Gasteiger partial charge in [0.1, 0.15) is 5.82 Å². The Labute approximate surface area is 145 Å². The van der Waals surface area contributed by atoms with E-state index in [1.807, 2.05) is 13.0 Å². The molecule has 2 aliphatic rings. The van der Waals surface area contributed by atoms with Crippen LogP contribution in [0.4, 0.5) is 4.39 Å². The highest BCUT2D eigenvalue weighted by Gasteiger charge is 2.36. The van der Waals surface area contributed by atoms with Gasteiger partial charge in [-0.05, 0) is 50.2 Å². The number of hydrogen-bond acceptors (Lipinski definition) is 3. The number of halogens is 1. The lowest BCUT2D eigenvalue weighted by molar-refractivity contribution is 0.0638. The summed E-state index contributed by atoms with van der Waals surface area (Å²) in [4.78, 5) is 28.6. The molecule has 4 nitrogen and oxygen atoms in total. The normalized spacial score (nSPS) is 18.2. The number of hydrogen-bond donors (Lipinski definition) is 0. The van der Waals surface area contributed by atoms with Gasteiger partial charge in [-0.15, -0.1) is 0 Å². The number of fused-ring (bicyclic) bond motifs is 1. The molecule has 2 amide bonds. The SMILES string of the molecule is C[C@H](c1cccc(F)c1CN1C(=O)c2ccccc2C1=O)N1CCC1. The molecule has 0 bridgehead atoms. The predicted octanol–water partition coefficient (Wildman–Crippen LogP) is 3.39. The Morgan fingerprint density at radius 2 is 1.64 bits per heavy atom. The number of imide groups is 1. The summed E-state index contributed by atoms with van der Waals surface area (Å²) in [6, 6.07) is 11.8. The summed E-state index contributed by atoms with van der Waals surface area (Å²) in [5.41, 5.74) is 2.05. The van der Waals surface area contributed by atoms with Crippen LogP contribution in [-0.2, 0) is 6.54 Å². The molecule has 0 aromatic heterocycles. The van der Waals surface area contributed by atoms with Crippen LogP contribution in [0.2, 0.25) is 0 Å². The number of likely N-dealkylation sites (tertiary alicyclic amines) is 1. The molecule has 2 aliphatic heterocycles. The zero-order valence-electron chi connectivity index (χ0n) is 14.0. The first kappa shape index (κ1) is 16.0. The standard InChI is InChI=1S/C20H19FN2O2/c1-13(22-10-5-11-22)14-8-4-9-18(21)17(14)12-23-19(24)15-6-2-3-7-16(15)20(23)25/h2-4,6-9,13H,5,10-12H2,1H3/t13-/m1/s1. The van der Waals surface area contributed by atoms with E-state index < -0.39 is 0 Å². The molecule has 25 heavy (non-hydrogen) atoms. The van der Waals surface area contributed by atoms with Gasteiger partial charge >= 0.3 is 0 Å². The number of carbonyl (C=O) groups is 2. The largest absolute Gasteiger partial charge is 0.297 e. The Bertz CT molecular complexity index is 826. The van der Waals surface area contributed by atoms with Crippen molar-refractivity contribution < 1.29 is 14.0 Å². The van der Waals surface area contributed by atoms with Crippen LogP contribution in [0.25, 0.3) is 0 Å². The van der Waals surface area contributed by atoms with Crippen molar-refractivity contribution in [3.05, 3.63) is 70.5 Å². The van der Waals surface area contributed by atoms with Crippen LogP contribution in [0, 0.1) is 5.82 Å². The smallest absolute Gasteiger partial charge is 0.261 e. The minimum atomic E-state index is -0.374. The summed E-state index contributed by atoms with van der Waals surface area (Å²) >= 11 is 0. The zero-order chi connectivity index (χ0) is 17.6. The molecule has 0 spiro atoms. The molecule has 1 saturated heterocycles. The fourth-order valence-electron chi connectivity index (χ4n) is 3.60. The lowest BCUT2D eigenvalue weighted by atomic mass is 9.97. The monoisotopic (exact) mass is 338 g/mol. The van der Waals surface area contributed by atoms with Crippen molar-refractivity contribution in [2.24, 2.45) is 0 Å². The first-order chi connectivity index (χ1) is 12.1. The van der Waals surface area contributed by atoms with E-state index in [-0.39, 0.29) is 30.2 Å². The fraction of sp³-hybridized carbons (Fsp3) is 0.300. The highest BCUT2D eigenvalue weighted by molar-refractivity contribution is 6.21. The van der Waals surface area contributed by atoms with Gasteiger partial charge < -0.3 is 0 Å². The number of benzene rings is 2. The second-order valence-electron chi connectivity index (χ2n) is 6.62. The second-order valence-corrected chi connectivity index (χ2v) is 6.62. The van der Waals surface area contributed by atoms with E-state index in [0.29, 0.717) is 16.7 Å². The number of nitrogens with zero attached hydrogens (tertiary/aromatic N) is 2. The molecule has 0 unspecified atom stereocenters. The van der Waals surface area contributed by atoms with Crippen molar-refractivity contribution in [1.29, 1.82) is 0 Å². The van der Waals surface area contributed by atoms with Crippen LogP contribution in [0.15, 0.2) is 42.5 Å². The third-order valence-electron chi connectivity index (χ3n) is 5.24. The van der Waals surface area contributed by atoms with Gasteiger partial charge in [0.15, 0.2) is 0 Å². The first-order valence-electron chi connectivity index (χ1n) is 8.54. The van der Waals surface area contributed by atoms with Gasteiger partial charge in [-0.3, -0.25) is 19.4 Å². The summed E-state index contributed by atoms with van der Waals surface area (Å²) in [5, 5.41) is 0. The maximum Gasteiger partial charge on any atom is 0.261 e. The Hall–Kier alpha value is -2.53. The minimum absolute atomic E-state index is 0.0352. The van der Waals surface area contributed by atoms with Crippen LogP contribution >= 0.6 is 0 Å². The summed E-state index contributed by atoms with van der Waals surface area (Å²) in [6.45, 7) is 3.99. The maximum absolute atomic E-state index is 14.6. The molecular formula is C20H19FN2O2. The summed E-state index contributed by atoms with van der Waals surface area (Å²) in [7, 11) is 0. The Balaban J connectivity index is 1.68. The molecule has 1 atom stereocenters. The Morgan fingerprint density at radius 1 is 1.00 bits per heavy atom. The van der Waals surface area contributed by atoms with Crippen LogP contribution in [-0.4, -0.2) is 34.7 Å². The third-order valence-corrected chi connectivity index (χ3v) is 5.24. The van der Waals surface area contributed by atoms with Crippen LogP contribution in [0.5, 0.6) is 0 Å². The summed E-state index contributed by atoms with van der Waals surface area (Å²) < 4.78 is 14.6. The van der Waals surface area contributed by atoms with Crippen LogP contribution < -0.4 is 0 Å². The number of carbonyl (C=O) groups excluding carboxylic acids is 2. The third kappa shape index (κ3) is 2.55. The van der Waals surface area contributed by atoms with E-state index in [4.69, 9.17) is 0 Å². The van der Waals surface area contributed by atoms with Crippen molar-refractivity contribution in [2.75, 3.05) is 13.1 Å². The van der Waals surface area contributed by atoms with Gasteiger partial charge in [0.2, 0.25) is 0 Å². The molecule has 0 aliphatic carbocycles. The van der Waals surface area contributed by atoms with Crippen molar-refractivity contribution in [2.45, 2.75) is 25.9 Å². The average molecular weight is 338 g/mol. The molecule has 0 radical (unpaired) electrons. The lowest BCUT2D eigenvalue weighted by Crippen LogP contribution is -2.39. The molecule has 2 aromatic rings. The van der Waals surface area contributed by atoms with E-state index in [0.717, 1.165) is 30.0 Å². The molecule has 2 aromatic carbocycles. The number of amides is 2. The van der Waals surface area contributed by atoms with E-state index in [2.05, 4.69) is 4.90 Å². The molecular weight excluding hydrogens is 319 g/mol. The lowest BCUT2D eigenvalue weighted by Gasteiger charge is -2.37. The van der Waals surface area contributed by atoms with E-state index in [1.54, 1.807) is 30.3 Å². The zero-order valence-corrected chi connectivity index (χ0v) is 14.0. The van der Waals surface area contributed by atoms with Gasteiger partial charge in [0, 0.05) is 11.6 Å². The first-order valence-corrected chi connectivity index (χ1v) is 8.54. The van der Waals surface area contributed by atoms with E-state index >= 15 is 0 Å². The van der Waals surface area contributed by atoms with Crippen LogP contribution in [0.3, 0.4) is 0 Å². The van der Waals surface area contributed by atoms with Crippen LogP contribution in [0.1, 0.15) is 51.2 Å². The summed E-state index contributed by atoms with van der Waals surface area (Å²) in [5.74, 6) is -1.08. The minimum Gasteiger partial charge on any atom is -0.297 e. The highest BCUT2D eigenvalue weighted by atomic mass is 19.1. The number of rotatable bonds is 4. The van der Waals surface area contributed by atoms with Crippen molar-refractivity contribution in [3.8, 4) is 0 Å². The quantitative estimate of drug-likeness (QED) is 0.803. The Morgan fingerprint density at radius 3 is 2.20 bits per heavy atom. The fourth-order valence-corrected chi connectivity index (χ4v) is 3.60. The van der Waals surface area contributed by atoms with Crippen molar-refractivity contribution in [1.82, 2.24) is 9.80 Å². The van der Waals surface area contributed by atoms with Gasteiger partial charge in [0.25, 0.3) is 11.8 Å². The van der Waals surface area contributed by atoms with Crippen molar-refractivity contribution in [3.63, 3.8) is 0 Å². The van der Waals surface area contributed by atoms with Gasteiger partial charge in [-0.2, -0.15) is 0 Å². The highest BCUT2D eigenvalue weighted by Crippen LogP contribution is 2.31. The predicted molar refractivity (Wildman–Crippen MR) is 91.7 cm³/mol. The topological polar surface area (TPSA) is 40.6 Å². The van der Waals surface area contributed by atoms with E-state index in [9.17, 15) is 14.0 Å². The molecule has 128 valence electrons. The molecule has 0 saturated carbocycles. The van der Waals surface area contributed by atoms with Gasteiger partial charge in [-0.25, -0.2) is 4.39 Å². The van der Waals surface area contributed by atoms with Crippen molar-refractivity contribution >= 4 is 11.8 Å². The summed E-state index contributed by atoms with van der Waals surface area (Å²) in [6.07, 6.45) is 1.15. The molecule has 5 heteroatoms. The maximum atomic E-state index is 14.6.